The zero-order valence-corrected chi connectivity index (χ0v) is 7.50. The van der Waals surface area contributed by atoms with E-state index in [1.54, 1.807) is 20.3 Å². The van der Waals surface area contributed by atoms with Crippen LogP contribution < -0.4 is 5.69 Å². The van der Waals surface area contributed by atoms with Crippen LogP contribution in [-0.2, 0) is 25.3 Å². The third kappa shape index (κ3) is 1.47. The first-order valence-corrected chi connectivity index (χ1v) is 3.73. The zero-order chi connectivity index (χ0) is 9.30. The maximum absolute atomic E-state index is 11.2. The average Bonchev–Trinajstić information content (AvgIpc) is 2.17. The van der Waals surface area contributed by atoms with Crippen LogP contribution in [0.15, 0.2) is 11.0 Å². The summed E-state index contributed by atoms with van der Waals surface area (Å²) in [6.07, 6.45) is 2.01. The molecule has 0 aliphatic rings. The van der Waals surface area contributed by atoms with Gasteiger partial charge in [0.2, 0.25) is 0 Å². The first-order chi connectivity index (χ1) is 5.52. The molecule has 1 aromatic rings. The van der Waals surface area contributed by atoms with Crippen molar-refractivity contribution in [3.05, 3.63) is 22.4 Å². The lowest BCUT2D eigenvalue weighted by atomic mass is 10.2. The number of aryl methyl sites for hydroxylation is 1. The van der Waals surface area contributed by atoms with Crippen LogP contribution in [0, 0.1) is 0 Å². The van der Waals surface area contributed by atoms with Gasteiger partial charge in [0.15, 0.2) is 0 Å². The van der Waals surface area contributed by atoms with Crippen molar-refractivity contribution >= 4 is 5.78 Å². The molecule has 0 fully saturated rings. The molecule has 12 heavy (non-hydrogen) atoms. The van der Waals surface area contributed by atoms with Crippen LogP contribution in [0.1, 0.15) is 12.6 Å². The molecule has 0 unspecified atom stereocenters. The van der Waals surface area contributed by atoms with Crippen LogP contribution in [-0.4, -0.2) is 14.9 Å². The molecule has 0 amide bonds. The van der Waals surface area contributed by atoms with Crippen LogP contribution in [0.4, 0.5) is 0 Å². The Morgan fingerprint density at radius 3 is 2.42 bits per heavy atom. The molecule has 0 N–H and O–H groups in total. The van der Waals surface area contributed by atoms with Crippen molar-refractivity contribution in [1.29, 1.82) is 0 Å². The third-order valence-electron chi connectivity index (χ3n) is 1.79. The molecule has 0 aliphatic carbocycles. The number of Topliss-reactive ketones (excluding diaryl/α,β-unsaturated/α-hetero) is 1. The van der Waals surface area contributed by atoms with Gasteiger partial charge in [0, 0.05) is 32.4 Å². The molecule has 1 rings (SSSR count). The van der Waals surface area contributed by atoms with E-state index in [0.717, 1.165) is 5.69 Å². The number of imidazole rings is 1. The molecule has 4 nitrogen and oxygen atoms in total. The topological polar surface area (TPSA) is 44.0 Å². The van der Waals surface area contributed by atoms with Crippen LogP contribution in [0.5, 0.6) is 0 Å². The summed E-state index contributed by atoms with van der Waals surface area (Å²) in [5.41, 5.74) is 0.668. The van der Waals surface area contributed by atoms with E-state index in [1.807, 2.05) is 0 Å². The summed E-state index contributed by atoms with van der Waals surface area (Å²) in [6, 6.07) is 0. The Balaban J connectivity index is 3.10. The first kappa shape index (κ1) is 8.77. The lowest BCUT2D eigenvalue weighted by Gasteiger charge is -1.95. The van der Waals surface area contributed by atoms with Crippen molar-refractivity contribution < 1.29 is 4.79 Å². The summed E-state index contributed by atoms with van der Waals surface area (Å²) in [7, 11) is 3.34. The quantitative estimate of drug-likeness (QED) is 0.616. The van der Waals surface area contributed by atoms with Crippen molar-refractivity contribution in [1.82, 2.24) is 9.13 Å². The highest BCUT2D eigenvalue weighted by molar-refractivity contribution is 5.77. The van der Waals surface area contributed by atoms with Gasteiger partial charge in [-0.1, -0.05) is 0 Å². The SMILES string of the molecule is CC(=O)Cc1cn(C)c(=O)n1C. The van der Waals surface area contributed by atoms with Gasteiger partial charge in [0.05, 0.1) is 0 Å². The second-order valence-electron chi connectivity index (χ2n) is 2.95. The fourth-order valence-corrected chi connectivity index (χ4v) is 1.14. The van der Waals surface area contributed by atoms with E-state index in [0.29, 0.717) is 6.42 Å². The Kier molecular flexibility index (Phi) is 2.17. The summed E-state index contributed by atoms with van der Waals surface area (Å²) in [5, 5.41) is 0. The summed E-state index contributed by atoms with van der Waals surface area (Å²) >= 11 is 0. The summed E-state index contributed by atoms with van der Waals surface area (Å²) < 4.78 is 2.96. The molecule has 0 atom stereocenters. The summed E-state index contributed by atoms with van der Waals surface area (Å²) in [4.78, 5) is 21.9. The number of hydrogen-bond donors (Lipinski definition) is 0. The predicted octanol–water partition coefficient (Wildman–Crippen LogP) is -0.145. The Morgan fingerprint density at radius 1 is 1.50 bits per heavy atom. The van der Waals surface area contributed by atoms with Gasteiger partial charge in [-0.05, 0) is 6.92 Å². The van der Waals surface area contributed by atoms with Gasteiger partial charge in [-0.2, -0.15) is 0 Å². The number of nitrogens with zero attached hydrogens (tertiary/aromatic N) is 2. The fraction of sp³-hybridized carbons (Fsp3) is 0.500. The zero-order valence-electron chi connectivity index (χ0n) is 7.50. The van der Waals surface area contributed by atoms with Gasteiger partial charge < -0.3 is 4.57 Å². The van der Waals surface area contributed by atoms with Gasteiger partial charge in [-0.3, -0.25) is 9.36 Å². The molecule has 4 heteroatoms. The largest absolute Gasteiger partial charge is 0.327 e. The van der Waals surface area contributed by atoms with E-state index in [2.05, 4.69) is 0 Å². The molecule has 0 aromatic carbocycles. The lowest BCUT2D eigenvalue weighted by molar-refractivity contribution is -0.116. The molecular formula is C8H12N2O2. The van der Waals surface area contributed by atoms with Crippen molar-refractivity contribution in [3.8, 4) is 0 Å². The van der Waals surface area contributed by atoms with Gasteiger partial charge in [-0.15, -0.1) is 0 Å². The number of ketones is 1. The summed E-state index contributed by atoms with van der Waals surface area (Å²) in [6.45, 7) is 1.51. The van der Waals surface area contributed by atoms with Crippen molar-refractivity contribution in [2.24, 2.45) is 14.1 Å². The second kappa shape index (κ2) is 2.97. The van der Waals surface area contributed by atoms with Gasteiger partial charge in [0.25, 0.3) is 0 Å². The highest BCUT2D eigenvalue weighted by atomic mass is 16.1. The average molecular weight is 168 g/mol. The maximum atomic E-state index is 11.2. The van der Waals surface area contributed by atoms with E-state index >= 15 is 0 Å². The van der Waals surface area contributed by atoms with Gasteiger partial charge in [0.1, 0.15) is 5.78 Å². The predicted molar refractivity (Wildman–Crippen MR) is 45.0 cm³/mol. The molecule has 66 valence electrons. The Hall–Kier alpha value is -1.32. The van der Waals surface area contributed by atoms with Crippen molar-refractivity contribution in [3.63, 3.8) is 0 Å². The molecule has 0 radical (unpaired) electrons. The standard InChI is InChI=1S/C8H12N2O2/c1-6(11)4-7-5-9(2)8(12)10(7)3/h5H,4H2,1-3H3. The first-order valence-electron chi connectivity index (χ1n) is 3.73. The molecule has 0 saturated carbocycles. The molecule has 0 spiro atoms. The minimum atomic E-state index is -0.0914. The molecule has 0 aliphatic heterocycles. The van der Waals surface area contributed by atoms with E-state index in [9.17, 15) is 9.59 Å². The molecule has 1 heterocycles. The second-order valence-corrected chi connectivity index (χ2v) is 2.95. The lowest BCUT2D eigenvalue weighted by Crippen LogP contribution is -2.20. The highest BCUT2D eigenvalue weighted by Gasteiger charge is 2.06. The molecular weight excluding hydrogens is 156 g/mol. The number of hydrogen-bond acceptors (Lipinski definition) is 2. The number of carbonyl (C=O) groups is 1. The Morgan fingerprint density at radius 2 is 2.08 bits per heavy atom. The van der Waals surface area contributed by atoms with Crippen molar-refractivity contribution in [2.75, 3.05) is 0 Å². The number of carbonyl (C=O) groups excluding carboxylic acids is 1. The normalized spacial score (nSPS) is 10.2. The molecule has 0 bridgehead atoms. The Bertz CT molecular complexity index is 360. The fourth-order valence-electron chi connectivity index (χ4n) is 1.14. The smallest absolute Gasteiger partial charge is 0.302 e. The number of aromatic nitrogens is 2. The highest BCUT2D eigenvalue weighted by Crippen LogP contribution is 1.96. The Labute approximate surface area is 70.4 Å². The van der Waals surface area contributed by atoms with Gasteiger partial charge in [-0.25, -0.2) is 4.79 Å². The minimum Gasteiger partial charge on any atom is -0.302 e. The molecule has 0 saturated heterocycles. The van der Waals surface area contributed by atoms with E-state index in [-0.39, 0.29) is 11.5 Å². The summed E-state index contributed by atoms with van der Waals surface area (Å²) in [5.74, 6) is 0.0659. The third-order valence-corrected chi connectivity index (χ3v) is 1.79. The van der Waals surface area contributed by atoms with Crippen LogP contribution in [0.25, 0.3) is 0 Å². The maximum Gasteiger partial charge on any atom is 0.327 e. The van der Waals surface area contributed by atoms with Crippen LogP contribution in [0.2, 0.25) is 0 Å². The van der Waals surface area contributed by atoms with Crippen LogP contribution in [0.3, 0.4) is 0 Å². The van der Waals surface area contributed by atoms with E-state index < -0.39 is 0 Å². The van der Waals surface area contributed by atoms with Crippen molar-refractivity contribution in [2.45, 2.75) is 13.3 Å². The monoisotopic (exact) mass is 168 g/mol. The van der Waals surface area contributed by atoms with E-state index in [4.69, 9.17) is 0 Å². The van der Waals surface area contributed by atoms with Gasteiger partial charge >= 0.3 is 5.69 Å². The molecule has 1 aromatic heterocycles. The van der Waals surface area contributed by atoms with E-state index in [1.165, 1.54) is 16.1 Å². The number of rotatable bonds is 2. The van der Waals surface area contributed by atoms with Crippen LogP contribution >= 0.6 is 0 Å². The minimum absolute atomic E-state index is 0.0659.